The fraction of sp³-hybridized carbons (Fsp3) is 0.444. The molecule has 0 heterocycles. The lowest BCUT2D eigenvalue weighted by atomic mass is 9.75. The fourth-order valence-electron chi connectivity index (χ4n) is 5.44. The molecule has 0 bridgehead atoms. The summed E-state index contributed by atoms with van der Waals surface area (Å²) < 4.78 is 5.67. The second-order valence-electron chi connectivity index (χ2n) is 9.61. The average molecular weight is 481 g/mol. The Morgan fingerprint density at radius 2 is 1.71 bits per heavy atom. The average Bonchev–Trinajstić information content (AvgIpc) is 3.16. The number of amides is 2. The maximum absolute atomic E-state index is 13.3. The summed E-state index contributed by atoms with van der Waals surface area (Å²) >= 11 is 0. The van der Waals surface area contributed by atoms with Gasteiger partial charge in [0.15, 0.2) is 0 Å². The summed E-state index contributed by atoms with van der Waals surface area (Å²) in [4.78, 5) is 37.7. The molecule has 1 fully saturated rings. The number of benzene rings is 2. The van der Waals surface area contributed by atoms with Gasteiger partial charge in [0.1, 0.15) is 18.2 Å². The number of aliphatic hydroxyl groups excluding tert-OH is 1. The smallest absolute Gasteiger partial charge is 0.408 e. The SMILES string of the molecule is CC1CCCC(NC(=O)OCC2c3ccccc3-c3ccccc32)(C(=O)N[C@H](CCO)C(=O)O)C1. The van der Waals surface area contributed by atoms with Gasteiger partial charge in [0.25, 0.3) is 0 Å². The van der Waals surface area contributed by atoms with Crippen molar-refractivity contribution < 1.29 is 29.3 Å². The Labute approximate surface area is 204 Å². The number of carbonyl (C=O) groups is 3. The zero-order chi connectivity index (χ0) is 25.0. The van der Waals surface area contributed by atoms with Gasteiger partial charge in [-0.25, -0.2) is 9.59 Å². The molecule has 2 aromatic rings. The van der Waals surface area contributed by atoms with E-state index in [0.717, 1.165) is 35.1 Å². The molecule has 2 aliphatic rings. The van der Waals surface area contributed by atoms with Crippen molar-refractivity contribution in [3.8, 4) is 11.1 Å². The predicted molar refractivity (Wildman–Crippen MR) is 130 cm³/mol. The minimum absolute atomic E-state index is 0.107. The van der Waals surface area contributed by atoms with Crippen LogP contribution in [0.2, 0.25) is 0 Å². The largest absolute Gasteiger partial charge is 0.480 e. The molecule has 2 amide bonds. The molecular formula is C27H32N2O6. The molecule has 2 unspecified atom stereocenters. The maximum Gasteiger partial charge on any atom is 0.408 e. The Hall–Kier alpha value is -3.39. The van der Waals surface area contributed by atoms with Gasteiger partial charge in [-0.2, -0.15) is 0 Å². The van der Waals surface area contributed by atoms with Crippen molar-refractivity contribution in [3.63, 3.8) is 0 Å². The highest BCUT2D eigenvalue weighted by molar-refractivity contribution is 5.93. The molecule has 0 aliphatic heterocycles. The summed E-state index contributed by atoms with van der Waals surface area (Å²) in [7, 11) is 0. The third kappa shape index (κ3) is 5.17. The number of ether oxygens (including phenoxy) is 1. The number of hydrogen-bond donors (Lipinski definition) is 4. The first-order valence-electron chi connectivity index (χ1n) is 12.1. The molecule has 0 spiro atoms. The summed E-state index contributed by atoms with van der Waals surface area (Å²) in [6, 6.07) is 14.9. The van der Waals surface area contributed by atoms with Crippen molar-refractivity contribution in [1.82, 2.24) is 10.6 Å². The van der Waals surface area contributed by atoms with Crippen molar-refractivity contribution in [2.45, 2.75) is 56.5 Å². The van der Waals surface area contributed by atoms with Crippen LogP contribution in [0.5, 0.6) is 0 Å². The van der Waals surface area contributed by atoms with E-state index in [1.807, 2.05) is 43.3 Å². The van der Waals surface area contributed by atoms with Gasteiger partial charge < -0.3 is 25.6 Å². The first kappa shape index (κ1) is 24.7. The number of carboxylic acid groups (broad SMARTS) is 1. The van der Waals surface area contributed by atoms with Gasteiger partial charge in [0.05, 0.1) is 0 Å². The van der Waals surface area contributed by atoms with Crippen molar-refractivity contribution >= 4 is 18.0 Å². The zero-order valence-corrected chi connectivity index (χ0v) is 19.8. The molecule has 8 nitrogen and oxygen atoms in total. The van der Waals surface area contributed by atoms with Gasteiger partial charge in [-0.05, 0) is 41.0 Å². The van der Waals surface area contributed by atoms with Crippen LogP contribution < -0.4 is 10.6 Å². The number of alkyl carbamates (subject to hydrolysis) is 1. The molecule has 1 saturated carbocycles. The second-order valence-corrected chi connectivity index (χ2v) is 9.61. The first-order chi connectivity index (χ1) is 16.8. The lowest BCUT2D eigenvalue weighted by Gasteiger charge is -2.39. The van der Waals surface area contributed by atoms with Gasteiger partial charge in [-0.3, -0.25) is 4.79 Å². The molecule has 186 valence electrons. The van der Waals surface area contributed by atoms with E-state index in [0.29, 0.717) is 12.8 Å². The van der Waals surface area contributed by atoms with E-state index >= 15 is 0 Å². The summed E-state index contributed by atoms with van der Waals surface area (Å²) in [5.74, 6) is -1.72. The molecule has 4 rings (SSSR count). The molecule has 35 heavy (non-hydrogen) atoms. The molecule has 2 aromatic carbocycles. The van der Waals surface area contributed by atoms with E-state index in [-0.39, 0.29) is 31.5 Å². The van der Waals surface area contributed by atoms with Crippen molar-refractivity contribution in [1.29, 1.82) is 0 Å². The van der Waals surface area contributed by atoms with Crippen molar-refractivity contribution in [2.75, 3.05) is 13.2 Å². The monoisotopic (exact) mass is 480 g/mol. The van der Waals surface area contributed by atoms with Crippen LogP contribution in [-0.4, -0.2) is 53.0 Å². The third-order valence-electron chi connectivity index (χ3n) is 7.14. The van der Waals surface area contributed by atoms with Crippen LogP contribution in [0.4, 0.5) is 4.79 Å². The number of carboxylic acids is 1. The van der Waals surface area contributed by atoms with Gasteiger partial charge in [-0.1, -0.05) is 68.3 Å². The van der Waals surface area contributed by atoms with Gasteiger partial charge in [-0.15, -0.1) is 0 Å². The number of aliphatic hydroxyl groups is 1. The zero-order valence-electron chi connectivity index (χ0n) is 19.8. The lowest BCUT2D eigenvalue weighted by Crippen LogP contribution is -2.63. The molecule has 3 atom stereocenters. The van der Waals surface area contributed by atoms with Crippen LogP contribution in [0, 0.1) is 5.92 Å². The number of hydrogen-bond acceptors (Lipinski definition) is 5. The number of aliphatic carboxylic acids is 1. The predicted octanol–water partition coefficient (Wildman–Crippen LogP) is 3.43. The summed E-state index contributed by atoms with van der Waals surface area (Å²) in [6.07, 6.45) is 1.59. The first-order valence-corrected chi connectivity index (χ1v) is 12.1. The Morgan fingerprint density at radius 1 is 1.09 bits per heavy atom. The highest BCUT2D eigenvalue weighted by Crippen LogP contribution is 2.44. The topological polar surface area (TPSA) is 125 Å². The summed E-state index contributed by atoms with van der Waals surface area (Å²) in [5.41, 5.74) is 3.17. The molecular weight excluding hydrogens is 448 g/mol. The summed E-state index contributed by atoms with van der Waals surface area (Å²) in [5, 5.41) is 23.9. The van der Waals surface area contributed by atoms with Gasteiger partial charge >= 0.3 is 12.1 Å². The highest BCUT2D eigenvalue weighted by atomic mass is 16.5. The Kier molecular flexibility index (Phi) is 7.40. The molecule has 4 N–H and O–H groups in total. The Balaban J connectivity index is 1.48. The van der Waals surface area contributed by atoms with Crippen LogP contribution in [0.1, 0.15) is 56.1 Å². The highest BCUT2D eigenvalue weighted by Gasteiger charge is 2.45. The van der Waals surface area contributed by atoms with Crippen LogP contribution in [0.25, 0.3) is 11.1 Å². The second kappa shape index (κ2) is 10.5. The quantitative estimate of drug-likeness (QED) is 0.459. The van der Waals surface area contributed by atoms with Crippen LogP contribution in [-0.2, 0) is 14.3 Å². The Morgan fingerprint density at radius 3 is 2.29 bits per heavy atom. The third-order valence-corrected chi connectivity index (χ3v) is 7.14. The van der Waals surface area contributed by atoms with Crippen LogP contribution >= 0.6 is 0 Å². The van der Waals surface area contributed by atoms with Crippen molar-refractivity contribution in [3.05, 3.63) is 59.7 Å². The lowest BCUT2D eigenvalue weighted by molar-refractivity contribution is -0.143. The van der Waals surface area contributed by atoms with E-state index in [2.05, 4.69) is 22.8 Å². The number of rotatable bonds is 8. The van der Waals surface area contributed by atoms with Gasteiger partial charge in [0, 0.05) is 18.9 Å². The van der Waals surface area contributed by atoms with E-state index < -0.39 is 29.6 Å². The Bertz CT molecular complexity index is 1060. The van der Waals surface area contributed by atoms with E-state index in [1.165, 1.54) is 0 Å². The number of carbonyl (C=O) groups excluding carboxylic acids is 2. The maximum atomic E-state index is 13.3. The molecule has 8 heteroatoms. The fourth-order valence-corrected chi connectivity index (χ4v) is 5.44. The van der Waals surface area contributed by atoms with E-state index in [1.54, 1.807) is 0 Å². The van der Waals surface area contributed by atoms with Crippen LogP contribution in [0.15, 0.2) is 48.5 Å². The minimum atomic E-state index is -1.26. The van der Waals surface area contributed by atoms with Crippen LogP contribution in [0.3, 0.4) is 0 Å². The number of fused-ring (bicyclic) bond motifs is 3. The molecule has 0 aromatic heterocycles. The standard InChI is InChI=1S/C27H32N2O6/c1-17-7-6-13-27(15-17,25(33)28-23(12-14-30)24(31)32)29-26(34)35-16-22-20-10-4-2-8-18(20)19-9-3-5-11-21(19)22/h2-5,8-11,17,22-23,30H,6-7,12-16H2,1H3,(H,28,33)(H,29,34)(H,31,32)/t17?,23-,27?/m1/s1. The van der Waals surface area contributed by atoms with E-state index in [4.69, 9.17) is 9.84 Å². The van der Waals surface area contributed by atoms with Gasteiger partial charge in [0.2, 0.25) is 5.91 Å². The minimum Gasteiger partial charge on any atom is -0.480 e. The molecule has 2 aliphatic carbocycles. The van der Waals surface area contributed by atoms with E-state index in [9.17, 15) is 19.5 Å². The normalized spacial score (nSPS) is 21.9. The van der Waals surface area contributed by atoms with Crippen molar-refractivity contribution in [2.24, 2.45) is 5.92 Å². The summed E-state index contributed by atoms with van der Waals surface area (Å²) in [6.45, 7) is 1.75. The molecule has 0 radical (unpaired) electrons. The molecule has 0 saturated heterocycles. The number of nitrogens with one attached hydrogen (secondary N) is 2.